The summed E-state index contributed by atoms with van der Waals surface area (Å²) in [6, 6.07) is 8.98. The summed E-state index contributed by atoms with van der Waals surface area (Å²) in [6.45, 7) is 3.23. The van der Waals surface area contributed by atoms with Crippen molar-refractivity contribution in [1.82, 2.24) is 4.98 Å². The second-order valence-electron chi connectivity index (χ2n) is 6.20. The Labute approximate surface area is 154 Å². The number of hydrogen-bond acceptors (Lipinski definition) is 5. The van der Waals surface area contributed by atoms with Gasteiger partial charge in [-0.25, -0.2) is 4.98 Å². The molecule has 2 aromatic rings. The van der Waals surface area contributed by atoms with Crippen molar-refractivity contribution in [1.29, 1.82) is 5.26 Å². The minimum atomic E-state index is -1.17. The van der Waals surface area contributed by atoms with Crippen LogP contribution in [-0.4, -0.2) is 16.8 Å². The molecule has 1 aromatic carbocycles. The van der Waals surface area contributed by atoms with Gasteiger partial charge in [0, 0.05) is 21.4 Å². The molecule has 0 spiro atoms. The van der Waals surface area contributed by atoms with Crippen LogP contribution in [0.25, 0.3) is 11.3 Å². The highest BCUT2D eigenvalue weighted by Crippen LogP contribution is 2.43. The molecule has 25 heavy (non-hydrogen) atoms. The lowest BCUT2D eigenvalue weighted by atomic mass is 9.69. The predicted octanol–water partition coefficient (Wildman–Crippen LogP) is 2.68. The summed E-state index contributed by atoms with van der Waals surface area (Å²) in [7, 11) is 0. The van der Waals surface area contributed by atoms with E-state index in [0.717, 1.165) is 5.56 Å². The number of carbonyl (C=O) groups is 2. The molecule has 4 N–H and O–H groups in total. The van der Waals surface area contributed by atoms with Gasteiger partial charge in [0.25, 0.3) is 0 Å². The first-order valence-corrected chi connectivity index (χ1v) is 8.63. The number of primary amides is 2. The van der Waals surface area contributed by atoms with Gasteiger partial charge in [0.2, 0.25) is 11.8 Å². The normalized spacial score (nSPS) is 13.7. The molecule has 2 amide bonds. The van der Waals surface area contributed by atoms with E-state index < -0.39 is 29.1 Å². The van der Waals surface area contributed by atoms with Crippen LogP contribution in [0.2, 0.25) is 5.02 Å². The first-order chi connectivity index (χ1) is 11.7. The van der Waals surface area contributed by atoms with Crippen LogP contribution in [0.3, 0.4) is 0 Å². The lowest BCUT2D eigenvalue weighted by Crippen LogP contribution is -2.43. The zero-order valence-electron chi connectivity index (χ0n) is 13.7. The molecule has 130 valence electrons. The first-order valence-electron chi connectivity index (χ1n) is 7.38. The third kappa shape index (κ3) is 3.81. The average molecular weight is 377 g/mol. The smallest absolute Gasteiger partial charge is 0.235 e. The predicted molar refractivity (Wildman–Crippen MR) is 96.6 cm³/mol. The highest BCUT2D eigenvalue weighted by Gasteiger charge is 2.46. The van der Waals surface area contributed by atoms with Crippen molar-refractivity contribution in [3.63, 3.8) is 0 Å². The number of amides is 2. The van der Waals surface area contributed by atoms with Crippen LogP contribution < -0.4 is 11.5 Å². The van der Waals surface area contributed by atoms with Crippen molar-refractivity contribution >= 4 is 34.8 Å². The van der Waals surface area contributed by atoms with Gasteiger partial charge in [-0.3, -0.25) is 9.59 Å². The summed E-state index contributed by atoms with van der Waals surface area (Å²) in [5.41, 5.74) is 11.3. The summed E-state index contributed by atoms with van der Waals surface area (Å²) in [5.74, 6) is -3.56. The van der Waals surface area contributed by atoms with Crippen molar-refractivity contribution in [2.24, 2.45) is 22.8 Å². The van der Waals surface area contributed by atoms with Crippen LogP contribution in [-0.2, 0) is 9.59 Å². The van der Waals surface area contributed by atoms with Gasteiger partial charge in [-0.05, 0) is 12.1 Å². The summed E-state index contributed by atoms with van der Waals surface area (Å²) >= 11 is 7.13. The number of nitrogens with zero attached hydrogens (tertiary/aromatic N) is 2. The van der Waals surface area contributed by atoms with Gasteiger partial charge in [0.1, 0.15) is 10.9 Å². The van der Waals surface area contributed by atoms with Gasteiger partial charge in [0.15, 0.2) is 0 Å². The van der Waals surface area contributed by atoms with Crippen molar-refractivity contribution in [2.45, 2.75) is 19.8 Å². The molecule has 0 radical (unpaired) electrons. The fourth-order valence-electron chi connectivity index (χ4n) is 2.74. The van der Waals surface area contributed by atoms with E-state index in [1.165, 1.54) is 11.3 Å². The van der Waals surface area contributed by atoms with Crippen molar-refractivity contribution in [2.75, 3.05) is 0 Å². The molecule has 1 aromatic heterocycles. The Morgan fingerprint density at radius 1 is 1.24 bits per heavy atom. The largest absolute Gasteiger partial charge is 0.369 e. The van der Waals surface area contributed by atoms with Crippen LogP contribution in [0.15, 0.2) is 29.6 Å². The lowest BCUT2D eigenvalue weighted by Gasteiger charge is -2.33. The lowest BCUT2D eigenvalue weighted by molar-refractivity contribution is -0.127. The highest BCUT2D eigenvalue weighted by atomic mass is 35.5. The van der Waals surface area contributed by atoms with Crippen LogP contribution >= 0.6 is 22.9 Å². The maximum Gasteiger partial charge on any atom is 0.235 e. The average Bonchev–Trinajstić information content (AvgIpc) is 2.96. The SMILES string of the molecule is CC(C)([C@H](C#N)C(N)=O)[C@@H](C(N)=O)c1nc(-c2ccc(Cl)cc2)cs1. The van der Waals surface area contributed by atoms with Gasteiger partial charge >= 0.3 is 0 Å². The molecule has 6 nitrogen and oxygen atoms in total. The molecule has 0 unspecified atom stereocenters. The fourth-order valence-corrected chi connectivity index (χ4v) is 4.00. The molecular weight excluding hydrogens is 360 g/mol. The Morgan fingerprint density at radius 2 is 1.84 bits per heavy atom. The number of rotatable bonds is 6. The molecule has 1 heterocycles. The van der Waals surface area contributed by atoms with E-state index in [2.05, 4.69) is 4.98 Å². The Balaban J connectivity index is 2.45. The van der Waals surface area contributed by atoms with Crippen LogP contribution in [0, 0.1) is 22.7 Å². The first kappa shape index (κ1) is 18.9. The number of halogens is 1. The molecule has 0 aliphatic heterocycles. The minimum Gasteiger partial charge on any atom is -0.369 e. The molecule has 0 aliphatic carbocycles. The number of hydrogen-bond donors (Lipinski definition) is 2. The van der Waals surface area contributed by atoms with Crippen molar-refractivity contribution < 1.29 is 9.59 Å². The molecule has 2 atom stereocenters. The Morgan fingerprint density at radius 3 is 2.32 bits per heavy atom. The molecule has 0 aliphatic rings. The highest BCUT2D eigenvalue weighted by molar-refractivity contribution is 7.10. The van der Waals surface area contributed by atoms with E-state index in [4.69, 9.17) is 23.1 Å². The Hall–Kier alpha value is -2.43. The number of aromatic nitrogens is 1. The summed E-state index contributed by atoms with van der Waals surface area (Å²) in [5, 5.41) is 12.1. The summed E-state index contributed by atoms with van der Waals surface area (Å²) in [4.78, 5) is 28.2. The molecule has 0 fully saturated rings. The number of nitrogens with two attached hydrogens (primary N) is 2. The third-order valence-electron chi connectivity index (χ3n) is 4.10. The van der Waals surface area contributed by atoms with Gasteiger partial charge in [0.05, 0.1) is 17.7 Å². The second kappa shape index (κ2) is 7.21. The van der Waals surface area contributed by atoms with E-state index in [1.54, 1.807) is 31.4 Å². The quantitative estimate of drug-likeness (QED) is 0.804. The maximum atomic E-state index is 12.1. The molecule has 0 saturated carbocycles. The van der Waals surface area contributed by atoms with Crippen LogP contribution in [0.4, 0.5) is 0 Å². The van der Waals surface area contributed by atoms with Crippen LogP contribution in [0.1, 0.15) is 24.8 Å². The number of nitriles is 1. The van der Waals surface area contributed by atoms with Gasteiger partial charge in [-0.1, -0.05) is 37.6 Å². The van der Waals surface area contributed by atoms with E-state index in [-0.39, 0.29) is 0 Å². The topological polar surface area (TPSA) is 123 Å². The van der Waals surface area contributed by atoms with Crippen molar-refractivity contribution in [3.8, 4) is 17.3 Å². The fraction of sp³-hybridized carbons (Fsp3) is 0.294. The molecule has 2 rings (SSSR count). The Kier molecular flexibility index (Phi) is 5.45. The van der Waals surface area contributed by atoms with Gasteiger partial charge in [-0.15, -0.1) is 11.3 Å². The van der Waals surface area contributed by atoms with Crippen LogP contribution in [0.5, 0.6) is 0 Å². The zero-order valence-corrected chi connectivity index (χ0v) is 15.3. The number of thiazole rings is 1. The number of benzene rings is 1. The maximum absolute atomic E-state index is 12.1. The molecule has 0 bridgehead atoms. The minimum absolute atomic E-state index is 0.434. The van der Waals surface area contributed by atoms with Gasteiger partial charge < -0.3 is 11.5 Å². The molecular formula is C17H17ClN4O2S. The molecule has 8 heteroatoms. The van der Waals surface area contributed by atoms with E-state index in [9.17, 15) is 14.9 Å². The van der Waals surface area contributed by atoms with Crippen molar-refractivity contribution in [3.05, 3.63) is 39.7 Å². The van der Waals surface area contributed by atoms with E-state index >= 15 is 0 Å². The Bertz CT molecular complexity index is 839. The molecule has 0 saturated heterocycles. The van der Waals surface area contributed by atoms with E-state index in [1.807, 2.05) is 18.2 Å². The second-order valence-corrected chi connectivity index (χ2v) is 7.53. The monoisotopic (exact) mass is 376 g/mol. The van der Waals surface area contributed by atoms with E-state index in [0.29, 0.717) is 15.7 Å². The third-order valence-corrected chi connectivity index (χ3v) is 5.26. The van der Waals surface area contributed by atoms with Gasteiger partial charge in [-0.2, -0.15) is 5.26 Å². The standard InChI is InChI=1S/C17H17ClN4O2S/c1-17(2,11(7-19)14(20)23)13(15(21)24)16-22-12(8-25-16)9-3-5-10(18)6-4-9/h3-6,8,11,13H,1-2H3,(H2,20,23)(H2,21,24)/t11-,13+/m1/s1. The summed E-state index contributed by atoms with van der Waals surface area (Å²) in [6.07, 6.45) is 0. The zero-order chi connectivity index (χ0) is 18.8. The number of carbonyl (C=O) groups excluding carboxylic acids is 2. The summed E-state index contributed by atoms with van der Waals surface area (Å²) < 4.78 is 0.